The number of nitrogens with two attached hydrogens (primary N) is 1. The van der Waals surface area contributed by atoms with Gasteiger partial charge in [0, 0.05) is 31.7 Å². The SMILES string of the molecule is CSCC[C@H](N)C(=O)N1CCN(S(=O)(=O)c2ccc(C(C)=O)cc2)CC1. The minimum Gasteiger partial charge on any atom is -0.339 e. The normalized spacial score (nSPS) is 17.1. The van der Waals surface area contributed by atoms with Crippen LogP contribution in [-0.4, -0.2) is 73.5 Å². The van der Waals surface area contributed by atoms with Crippen LogP contribution in [0, 0.1) is 0 Å². The first-order valence-electron chi connectivity index (χ1n) is 8.42. The van der Waals surface area contributed by atoms with Crippen LogP contribution in [-0.2, 0) is 14.8 Å². The van der Waals surface area contributed by atoms with Crippen molar-refractivity contribution in [3.05, 3.63) is 29.8 Å². The molecule has 7 nitrogen and oxygen atoms in total. The molecular weight excluding hydrogens is 374 g/mol. The Hall–Kier alpha value is -1.42. The maximum atomic E-state index is 12.7. The smallest absolute Gasteiger partial charge is 0.243 e. The Balaban J connectivity index is 1.99. The molecule has 0 bridgehead atoms. The van der Waals surface area contributed by atoms with Gasteiger partial charge >= 0.3 is 0 Å². The van der Waals surface area contributed by atoms with E-state index < -0.39 is 16.1 Å². The summed E-state index contributed by atoms with van der Waals surface area (Å²) in [4.78, 5) is 25.4. The molecule has 26 heavy (non-hydrogen) atoms. The Morgan fingerprint density at radius 3 is 2.23 bits per heavy atom. The lowest BCUT2D eigenvalue weighted by molar-refractivity contribution is -0.133. The van der Waals surface area contributed by atoms with Crippen molar-refractivity contribution in [3.63, 3.8) is 0 Å². The predicted molar refractivity (Wildman–Crippen MR) is 103 cm³/mol. The molecule has 1 amide bonds. The standard InChI is InChI=1S/C17H25N3O4S2/c1-13(21)14-3-5-15(6-4-14)26(23,24)20-10-8-19(9-11-20)17(22)16(18)7-12-25-2/h3-6,16H,7-12,18H2,1-2H3/t16-/m0/s1. The van der Waals surface area contributed by atoms with E-state index in [2.05, 4.69) is 0 Å². The Morgan fingerprint density at radius 1 is 1.15 bits per heavy atom. The summed E-state index contributed by atoms with van der Waals surface area (Å²) in [5.74, 6) is 0.582. The van der Waals surface area contributed by atoms with Crippen LogP contribution < -0.4 is 5.73 Å². The number of amides is 1. The molecule has 1 aromatic rings. The molecular formula is C17H25N3O4S2. The number of Topliss-reactive ketones (excluding diaryl/α,β-unsaturated/α-hetero) is 1. The maximum Gasteiger partial charge on any atom is 0.243 e. The van der Waals surface area contributed by atoms with Crippen LogP contribution in [0.3, 0.4) is 0 Å². The van der Waals surface area contributed by atoms with E-state index in [9.17, 15) is 18.0 Å². The van der Waals surface area contributed by atoms with Gasteiger partial charge in [-0.05, 0) is 37.5 Å². The van der Waals surface area contributed by atoms with E-state index in [0.29, 0.717) is 25.1 Å². The summed E-state index contributed by atoms with van der Waals surface area (Å²) >= 11 is 1.64. The molecule has 2 N–H and O–H groups in total. The molecule has 1 aliphatic heterocycles. The van der Waals surface area contributed by atoms with Gasteiger partial charge < -0.3 is 10.6 Å². The van der Waals surface area contributed by atoms with Crippen LogP contribution in [0.25, 0.3) is 0 Å². The molecule has 0 radical (unpaired) electrons. The molecule has 0 aliphatic carbocycles. The summed E-state index contributed by atoms with van der Waals surface area (Å²) in [6, 6.07) is 5.38. The van der Waals surface area contributed by atoms with Crippen molar-refractivity contribution < 1.29 is 18.0 Å². The van der Waals surface area contributed by atoms with E-state index in [0.717, 1.165) is 5.75 Å². The minimum absolute atomic E-state index is 0.112. The molecule has 0 aromatic heterocycles. The number of rotatable bonds is 7. The van der Waals surface area contributed by atoms with Gasteiger partial charge in [0.15, 0.2) is 5.78 Å². The second kappa shape index (κ2) is 8.98. The maximum absolute atomic E-state index is 12.7. The number of carbonyl (C=O) groups is 2. The van der Waals surface area contributed by atoms with Crippen molar-refractivity contribution in [2.24, 2.45) is 5.73 Å². The van der Waals surface area contributed by atoms with Crippen molar-refractivity contribution in [1.29, 1.82) is 0 Å². The molecule has 1 saturated heterocycles. The summed E-state index contributed by atoms with van der Waals surface area (Å²) in [6.07, 6.45) is 2.57. The van der Waals surface area contributed by atoms with Crippen molar-refractivity contribution in [1.82, 2.24) is 9.21 Å². The predicted octanol–water partition coefficient (Wildman–Crippen LogP) is 0.803. The van der Waals surface area contributed by atoms with Crippen LogP contribution in [0.4, 0.5) is 0 Å². The average molecular weight is 400 g/mol. The van der Waals surface area contributed by atoms with E-state index in [4.69, 9.17) is 5.73 Å². The van der Waals surface area contributed by atoms with Crippen LogP contribution >= 0.6 is 11.8 Å². The number of nitrogens with zero attached hydrogens (tertiary/aromatic N) is 2. The van der Waals surface area contributed by atoms with Gasteiger partial charge in [-0.25, -0.2) is 8.42 Å². The van der Waals surface area contributed by atoms with Crippen molar-refractivity contribution in [3.8, 4) is 0 Å². The van der Waals surface area contributed by atoms with Gasteiger partial charge in [-0.1, -0.05) is 12.1 Å². The quantitative estimate of drug-likeness (QED) is 0.681. The summed E-state index contributed by atoms with van der Waals surface area (Å²) in [7, 11) is -3.64. The third kappa shape index (κ3) is 4.85. The number of hydrogen-bond donors (Lipinski definition) is 1. The highest BCUT2D eigenvalue weighted by Gasteiger charge is 2.31. The Bertz CT molecular complexity index is 742. The first-order valence-corrected chi connectivity index (χ1v) is 11.2. The fraction of sp³-hybridized carbons (Fsp3) is 0.529. The fourth-order valence-corrected chi connectivity index (χ4v) is 4.67. The lowest BCUT2D eigenvalue weighted by Gasteiger charge is -2.35. The minimum atomic E-state index is -3.64. The highest BCUT2D eigenvalue weighted by atomic mass is 32.2. The summed E-state index contributed by atoms with van der Waals surface area (Å²) in [5, 5.41) is 0. The van der Waals surface area contributed by atoms with Gasteiger partial charge in [0.05, 0.1) is 10.9 Å². The van der Waals surface area contributed by atoms with Crippen LogP contribution in [0.1, 0.15) is 23.7 Å². The summed E-state index contributed by atoms with van der Waals surface area (Å²) < 4.78 is 26.8. The molecule has 1 heterocycles. The summed E-state index contributed by atoms with van der Waals surface area (Å²) in [6.45, 7) is 2.56. The molecule has 144 valence electrons. The Kier molecular flexibility index (Phi) is 7.22. The largest absolute Gasteiger partial charge is 0.339 e. The van der Waals surface area contributed by atoms with Crippen molar-refractivity contribution in [2.45, 2.75) is 24.3 Å². The third-order valence-corrected chi connectivity index (χ3v) is 6.96. The molecule has 0 unspecified atom stereocenters. The molecule has 1 aromatic carbocycles. The first kappa shape index (κ1) is 20.9. The zero-order valence-electron chi connectivity index (χ0n) is 15.1. The van der Waals surface area contributed by atoms with Gasteiger partial charge in [-0.3, -0.25) is 9.59 Å². The number of sulfonamides is 1. The molecule has 1 fully saturated rings. The second-order valence-corrected chi connectivity index (χ2v) is 9.12. The van der Waals surface area contributed by atoms with E-state index >= 15 is 0 Å². The van der Waals surface area contributed by atoms with Crippen LogP contribution in [0.5, 0.6) is 0 Å². The molecule has 0 saturated carbocycles. The third-order valence-electron chi connectivity index (χ3n) is 4.40. The van der Waals surface area contributed by atoms with Gasteiger partial charge in [0.1, 0.15) is 0 Å². The van der Waals surface area contributed by atoms with Gasteiger partial charge in [0.25, 0.3) is 0 Å². The summed E-state index contributed by atoms with van der Waals surface area (Å²) in [5.41, 5.74) is 6.39. The Labute approximate surface area is 159 Å². The number of piperazine rings is 1. The zero-order chi connectivity index (χ0) is 19.3. The highest BCUT2D eigenvalue weighted by molar-refractivity contribution is 7.98. The highest BCUT2D eigenvalue weighted by Crippen LogP contribution is 2.19. The van der Waals surface area contributed by atoms with Crippen molar-refractivity contribution >= 4 is 33.5 Å². The number of hydrogen-bond acceptors (Lipinski definition) is 6. The van der Waals surface area contributed by atoms with Gasteiger partial charge in [0.2, 0.25) is 15.9 Å². The Morgan fingerprint density at radius 2 is 1.73 bits per heavy atom. The van der Waals surface area contributed by atoms with Gasteiger partial charge in [-0.15, -0.1) is 0 Å². The average Bonchev–Trinajstić information content (AvgIpc) is 2.65. The van der Waals surface area contributed by atoms with E-state index in [1.165, 1.54) is 35.5 Å². The van der Waals surface area contributed by atoms with E-state index in [1.807, 2.05) is 6.26 Å². The van der Waals surface area contributed by atoms with Crippen LogP contribution in [0.15, 0.2) is 29.2 Å². The van der Waals surface area contributed by atoms with Crippen LogP contribution in [0.2, 0.25) is 0 Å². The zero-order valence-corrected chi connectivity index (χ0v) is 16.7. The molecule has 1 atom stereocenters. The molecule has 9 heteroatoms. The monoisotopic (exact) mass is 399 g/mol. The lowest BCUT2D eigenvalue weighted by atomic mass is 10.2. The number of thioether (sulfide) groups is 1. The first-order chi connectivity index (χ1) is 12.3. The number of ketones is 1. The molecule has 2 rings (SSSR count). The van der Waals surface area contributed by atoms with E-state index in [1.54, 1.807) is 16.7 Å². The van der Waals surface area contributed by atoms with Crippen molar-refractivity contribution in [2.75, 3.05) is 38.2 Å². The lowest BCUT2D eigenvalue weighted by Crippen LogP contribution is -2.54. The molecule has 0 spiro atoms. The fourth-order valence-electron chi connectivity index (χ4n) is 2.76. The number of carbonyl (C=O) groups excluding carboxylic acids is 2. The van der Waals surface area contributed by atoms with Gasteiger partial charge in [-0.2, -0.15) is 16.1 Å². The second-order valence-electron chi connectivity index (χ2n) is 6.20. The molecule has 1 aliphatic rings. The van der Waals surface area contributed by atoms with E-state index in [-0.39, 0.29) is 29.7 Å². The number of benzene rings is 1. The topological polar surface area (TPSA) is 101 Å².